The Bertz CT molecular complexity index is 1110. The fourth-order valence-electron chi connectivity index (χ4n) is 2.36. The first kappa shape index (κ1) is 17.2. The third kappa shape index (κ3) is 3.80. The molecule has 1 aromatic carbocycles. The van der Waals surface area contributed by atoms with Crippen molar-refractivity contribution in [1.82, 2.24) is 25.0 Å². The molecule has 0 radical (unpaired) electrons. The van der Waals surface area contributed by atoms with E-state index in [0.717, 1.165) is 5.56 Å². The Morgan fingerprint density at radius 3 is 2.78 bits per heavy atom. The Hall–Kier alpha value is -3.27. The summed E-state index contributed by atoms with van der Waals surface area (Å²) in [5.74, 6) is -0.181. The summed E-state index contributed by atoms with van der Waals surface area (Å²) in [6.45, 7) is 1.76. The molecule has 4 rings (SSSR count). The second-order valence-electron chi connectivity index (χ2n) is 5.65. The molecule has 0 atom stereocenters. The van der Waals surface area contributed by atoms with Crippen LogP contribution in [0.15, 0.2) is 52.1 Å². The number of hydrogen-bond acceptors (Lipinski definition) is 7. The summed E-state index contributed by atoms with van der Waals surface area (Å²) in [5.41, 5.74) is 2.64. The molecule has 0 aliphatic rings. The maximum Gasteiger partial charge on any atom is 0.237 e. The maximum atomic E-state index is 13.1. The van der Waals surface area contributed by atoms with Crippen molar-refractivity contribution < 1.29 is 13.7 Å². The van der Waals surface area contributed by atoms with E-state index in [9.17, 15) is 9.18 Å². The Labute approximate surface area is 156 Å². The molecule has 0 fully saturated rings. The van der Waals surface area contributed by atoms with Gasteiger partial charge in [-0.15, -0.1) is 10.2 Å². The van der Waals surface area contributed by atoms with Crippen molar-refractivity contribution in [2.45, 2.75) is 12.1 Å². The average molecular weight is 384 g/mol. The van der Waals surface area contributed by atoms with E-state index in [1.54, 1.807) is 41.8 Å². The summed E-state index contributed by atoms with van der Waals surface area (Å²) in [4.78, 5) is 12.0. The zero-order valence-corrected chi connectivity index (χ0v) is 14.9. The van der Waals surface area contributed by atoms with Gasteiger partial charge in [0.2, 0.25) is 16.9 Å². The SMILES string of the molecule is Cc1cc(NC(=O)CSc2nnc3ccc(-c4ccc(F)cc4)nn23)on1. The van der Waals surface area contributed by atoms with Crippen LogP contribution >= 0.6 is 11.8 Å². The van der Waals surface area contributed by atoms with Crippen LogP contribution in [0.1, 0.15) is 5.69 Å². The summed E-state index contributed by atoms with van der Waals surface area (Å²) in [6.07, 6.45) is 0. The minimum absolute atomic E-state index is 0.100. The van der Waals surface area contributed by atoms with Gasteiger partial charge in [-0.05, 0) is 43.3 Å². The second kappa shape index (κ2) is 7.16. The molecular formula is C17H13FN6O2S. The number of nitrogens with zero attached hydrogens (tertiary/aromatic N) is 5. The molecule has 0 unspecified atom stereocenters. The van der Waals surface area contributed by atoms with Crippen molar-refractivity contribution in [3.63, 3.8) is 0 Å². The van der Waals surface area contributed by atoms with E-state index < -0.39 is 0 Å². The highest BCUT2D eigenvalue weighted by atomic mass is 32.2. The third-order valence-electron chi connectivity index (χ3n) is 3.60. The number of amides is 1. The van der Waals surface area contributed by atoms with Crippen molar-refractivity contribution in [2.24, 2.45) is 0 Å². The zero-order valence-electron chi connectivity index (χ0n) is 14.1. The Balaban J connectivity index is 1.50. The van der Waals surface area contributed by atoms with E-state index in [1.807, 2.05) is 0 Å². The van der Waals surface area contributed by atoms with Gasteiger partial charge >= 0.3 is 0 Å². The largest absolute Gasteiger partial charge is 0.338 e. The van der Waals surface area contributed by atoms with E-state index in [2.05, 4.69) is 25.8 Å². The highest BCUT2D eigenvalue weighted by molar-refractivity contribution is 7.99. The van der Waals surface area contributed by atoms with E-state index >= 15 is 0 Å². The molecule has 136 valence electrons. The topological polar surface area (TPSA) is 98.2 Å². The van der Waals surface area contributed by atoms with Crippen molar-refractivity contribution in [1.29, 1.82) is 0 Å². The molecule has 10 heteroatoms. The Kier molecular flexibility index (Phi) is 4.55. The Morgan fingerprint density at radius 1 is 1.22 bits per heavy atom. The average Bonchev–Trinajstić information content (AvgIpc) is 3.26. The molecule has 0 spiro atoms. The minimum Gasteiger partial charge on any atom is -0.338 e. The highest BCUT2D eigenvalue weighted by Gasteiger charge is 2.13. The third-order valence-corrected chi connectivity index (χ3v) is 4.52. The lowest BCUT2D eigenvalue weighted by Crippen LogP contribution is -2.13. The van der Waals surface area contributed by atoms with E-state index in [1.165, 1.54) is 23.9 Å². The number of aryl methyl sites for hydroxylation is 1. The number of aromatic nitrogens is 5. The first-order chi connectivity index (χ1) is 13.1. The molecule has 27 heavy (non-hydrogen) atoms. The number of rotatable bonds is 5. The molecule has 0 saturated carbocycles. The van der Waals surface area contributed by atoms with Crippen molar-refractivity contribution in [3.8, 4) is 11.3 Å². The lowest BCUT2D eigenvalue weighted by Gasteiger charge is -2.03. The number of thioether (sulfide) groups is 1. The number of benzene rings is 1. The number of hydrogen-bond donors (Lipinski definition) is 1. The quantitative estimate of drug-likeness (QED) is 0.528. The van der Waals surface area contributed by atoms with Crippen LogP contribution in [0.4, 0.5) is 10.3 Å². The van der Waals surface area contributed by atoms with Gasteiger partial charge in [0.1, 0.15) is 5.82 Å². The number of anilines is 1. The summed E-state index contributed by atoms with van der Waals surface area (Å²) < 4.78 is 19.6. The first-order valence-electron chi connectivity index (χ1n) is 7.93. The summed E-state index contributed by atoms with van der Waals surface area (Å²) >= 11 is 1.19. The molecule has 0 saturated heterocycles. The van der Waals surface area contributed by atoms with E-state index in [4.69, 9.17) is 4.52 Å². The highest BCUT2D eigenvalue weighted by Crippen LogP contribution is 2.21. The van der Waals surface area contributed by atoms with Crippen molar-refractivity contribution in [3.05, 3.63) is 54.0 Å². The molecule has 3 aromatic heterocycles. The molecule has 4 aromatic rings. The monoisotopic (exact) mass is 384 g/mol. The smallest absolute Gasteiger partial charge is 0.237 e. The van der Waals surface area contributed by atoms with Gasteiger partial charge < -0.3 is 4.52 Å². The lowest BCUT2D eigenvalue weighted by molar-refractivity contribution is -0.113. The van der Waals surface area contributed by atoms with Crippen LogP contribution in [0.3, 0.4) is 0 Å². The van der Waals surface area contributed by atoms with Crippen molar-refractivity contribution >= 4 is 29.2 Å². The molecule has 1 amide bonds. The number of nitrogens with one attached hydrogen (secondary N) is 1. The number of fused-ring (bicyclic) bond motifs is 1. The Morgan fingerprint density at radius 2 is 2.04 bits per heavy atom. The van der Waals surface area contributed by atoms with Gasteiger partial charge in [-0.2, -0.15) is 9.61 Å². The fourth-order valence-corrected chi connectivity index (χ4v) is 3.05. The van der Waals surface area contributed by atoms with Gasteiger partial charge in [-0.1, -0.05) is 16.9 Å². The summed E-state index contributed by atoms with van der Waals surface area (Å²) in [7, 11) is 0. The second-order valence-corrected chi connectivity index (χ2v) is 6.59. The number of halogens is 1. The van der Waals surface area contributed by atoms with E-state index in [-0.39, 0.29) is 17.5 Å². The molecule has 0 bridgehead atoms. The lowest BCUT2D eigenvalue weighted by atomic mass is 10.1. The predicted octanol–water partition coefficient (Wildman–Crippen LogP) is 2.96. The van der Waals surface area contributed by atoms with Crippen LogP contribution in [0.5, 0.6) is 0 Å². The number of carbonyl (C=O) groups is 1. The van der Waals surface area contributed by atoms with Crippen LogP contribution in [-0.2, 0) is 4.79 Å². The molecule has 8 nitrogen and oxygen atoms in total. The van der Waals surface area contributed by atoms with Crippen LogP contribution < -0.4 is 5.32 Å². The van der Waals surface area contributed by atoms with Crippen LogP contribution in [-0.4, -0.2) is 36.6 Å². The number of carbonyl (C=O) groups excluding carboxylic acids is 1. The van der Waals surface area contributed by atoms with Crippen molar-refractivity contribution in [2.75, 3.05) is 11.1 Å². The predicted molar refractivity (Wildman–Crippen MR) is 96.8 cm³/mol. The summed E-state index contributed by atoms with van der Waals surface area (Å²) in [6, 6.07) is 11.2. The minimum atomic E-state index is -0.312. The van der Waals surface area contributed by atoms with Crippen LogP contribution in [0, 0.1) is 12.7 Å². The zero-order chi connectivity index (χ0) is 18.8. The summed E-state index contributed by atoms with van der Waals surface area (Å²) in [5, 5.41) is 19.4. The van der Waals surface area contributed by atoms with Gasteiger partial charge in [-0.3, -0.25) is 10.1 Å². The molecule has 3 heterocycles. The molecule has 0 aliphatic carbocycles. The fraction of sp³-hybridized carbons (Fsp3) is 0.118. The standard InChI is InChI=1S/C17H13FN6O2S/c1-10-8-16(26-23-10)19-15(25)9-27-17-21-20-14-7-6-13(22-24(14)17)11-2-4-12(18)5-3-11/h2-8H,9H2,1H3,(H,19,25). The van der Waals surface area contributed by atoms with Gasteiger partial charge in [0.25, 0.3) is 0 Å². The maximum absolute atomic E-state index is 13.1. The van der Waals surface area contributed by atoms with Crippen LogP contribution in [0.25, 0.3) is 16.9 Å². The van der Waals surface area contributed by atoms with Gasteiger partial charge in [0.05, 0.1) is 17.1 Å². The van der Waals surface area contributed by atoms with Gasteiger partial charge in [-0.25, -0.2) is 4.39 Å². The normalized spacial score (nSPS) is 11.0. The molecule has 1 N–H and O–H groups in total. The first-order valence-corrected chi connectivity index (χ1v) is 8.91. The molecular weight excluding hydrogens is 371 g/mol. The van der Waals surface area contributed by atoms with Gasteiger partial charge in [0, 0.05) is 11.6 Å². The molecule has 0 aliphatic heterocycles. The van der Waals surface area contributed by atoms with Gasteiger partial charge in [0.15, 0.2) is 5.65 Å². The van der Waals surface area contributed by atoms with Crippen LogP contribution in [0.2, 0.25) is 0 Å². The van der Waals surface area contributed by atoms with E-state index in [0.29, 0.717) is 28.1 Å².